The zero-order chi connectivity index (χ0) is 25.5. The molecule has 0 saturated carbocycles. The standard InChI is InChI=1S/C25H38O6S2/c1-14(2)19-11-21(16(5)6)25(22(12-19)17(7)8)33(29,30)31-23-13-20(15(3)4)24(10-18(23)9)32(26,27)28/h10-12,14-17,23H,13H2,1-9H3,(H,26,27,28). The maximum Gasteiger partial charge on any atom is 0.298 e. The van der Waals surface area contributed by atoms with Gasteiger partial charge in [-0.3, -0.25) is 8.74 Å². The van der Waals surface area contributed by atoms with Gasteiger partial charge in [0.05, 0.1) is 4.91 Å². The Hall–Kier alpha value is -1.48. The molecule has 0 bridgehead atoms. The van der Waals surface area contributed by atoms with Gasteiger partial charge < -0.3 is 0 Å². The maximum atomic E-state index is 13.7. The normalized spacial score (nSPS) is 18.1. The minimum Gasteiger partial charge on any atom is -0.282 e. The summed E-state index contributed by atoms with van der Waals surface area (Å²) >= 11 is 0. The second-order valence-electron chi connectivity index (χ2n) is 10.1. The van der Waals surface area contributed by atoms with Crippen LogP contribution in [0.5, 0.6) is 0 Å². The Labute approximate surface area is 200 Å². The molecule has 2 rings (SSSR count). The highest BCUT2D eigenvalue weighted by Gasteiger charge is 2.34. The van der Waals surface area contributed by atoms with E-state index in [2.05, 4.69) is 13.8 Å². The van der Waals surface area contributed by atoms with Gasteiger partial charge in [-0.2, -0.15) is 16.8 Å². The number of hydrogen-bond donors (Lipinski definition) is 1. The third-order valence-electron chi connectivity index (χ3n) is 6.14. The first kappa shape index (κ1) is 27.8. The van der Waals surface area contributed by atoms with Crippen LogP contribution in [0.15, 0.2) is 39.2 Å². The van der Waals surface area contributed by atoms with Crippen molar-refractivity contribution in [3.63, 3.8) is 0 Å². The van der Waals surface area contributed by atoms with Crippen molar-refractivity contribution in [2.75, 3.05) is 0 Å². The lowest BCUT2D eigenvalue weighted by Crippen LogP contribution is -2.27. The van der Waals surface area contributed by atoms with Crippen LogP contribution in [-0.4, -0.2) is 27.5 Å². The highest BCUT2D eigenvalue weighted by molar-refractivity contribution is 7.90. The lowest BCUT2D eigenvalue weighted by Gasteiger charge is -2.29. The molecule has 0 fully saturated rings. The van der Waals surface area contributed by atoms with Crippen molar-refractivity contribution in [1.82, 2.24) is 0 Å². The third kappa shape index (κ3) is 6.15. The molecule has 33 heavy (non-hydrogen) atoms. The molecule has 1 aliphatic rings. The molecule has 0 aliphatic heterocycles. The highest BCUT2D eigenvalue weighted by Crippen LogP contribution is 2.39. The fourth-order valence-electron chi connectivity index (χ4n) is 4.10. The van der Waals surface area contributed by atoms with Gasteiger partial charge in [0.2, 0.25) is 0 Å². The molecule has 8 heteroatoms. The van der Waals surface area contributed by atoms with Crippen LogP contribution in [-0.2, 0) is 24.4 Å². The molecule has 1 atom stereocenters. The Kier molecular flexibility index (Phi) is 8.43. The predicted molar refractivity (Wildman–Crippen MR) is 133 cm³/mol. The Balaban J connectivity index is 2.63. The van der Waals surface area contributed by atoms with Crippen molar-refractivity contribution in [2.24, 2.45) is 5.92 Å². The minimum atomic E-state index is -4.42. The Bertz CT molecular complexity index is 1140. The summed E-state index contributed by atoms with van der Waals surface area (Å²) in [4.78, 5) is 0.0413. The molecular weight excluding hydrogens is 460 g/mol. The van der Waals surface area contributed by atoms with Crippen molar-refractivity contribution in [3.05, 3.63) is 51.0 Å². The monoisotopic (exact) mass is 498 g/mol. The van der Waals surface area contributed by atoms with Gasteiger partial charge >= 0.3 is 0 Å². The van der Waals surface area contributed by atoms with Gasteiger partial charge in [-0.15, -0.1) is 0 Å². The zero-order valence-corrected chi connectivity index (χ0v) is 22.8. The summed E-state index contributed by atoms with van der Waals surface area (Å²) in [5, 5.41) is 0. The van der Waals surface area contributed by atoms with Crippen molar-refractivity contribution in [1.29, 1.82) is 0 Å². The van der Waals surface area contributed by atoms with E-state index in [-0.39, 0.29) is 39.9 Å². The second kappa shape index (κ2) is 10.0. The Morgan fingerprint density at radius 2 is 1.33 bits per heavy atom. The van der Waals surface area contributed by atoms with Crippen LogP contribution in [0.3, 0.4) is 0 Å². The fourth-order valence-corrected chi connectivity index (χ4v) is 6.88. The molecule has 1 N–H and O–H groups in total. The van der Waals surface area contributed by atoms with Crippen LogP contribution in [0.2, 0.25) is 0 Å². The lowest BCUT2D eigenvalue weighted by molar-refractivity contribution is 0.237. The van der Waals surface area contributed by atoms with E-state index in [1.54, 1.807) is 20.8 Å². The SMILES string of the molecule is CC1=CC(S(=O)(=O)O)=C(C(C)C)CC1OS(=O)(=O)c1c(C(C)C)cc(C(C)C)cc1C(C)C. The Morgan fingerprint density at radius 1 is 0.848 bits per heavy atom. The first-order valence-electron chi connectivity index (χ1n) is 11.5. The van der Waals surface area contributed by atoms with Crippen LogP contribution >= 0.6 is 0 Å². The van der Waals surface area contributed by atoms with Crippen molar-refractivity contribution >= 4 is 20.2 Å². The molecule has 1 unspecified atom stereocenters. The molecule has 186 valence electrons. The summed E-state index contributed by atoms with van der Waals surface area (Å²) in [6.07, 6.45) is 0.553. The van der Waals surface area contributed by atoms with Gasteiger partial charge in [0, 0.05) is 6.42 Å². The summed E-state index contributed by atoms with van der Waals surface area (Å²) in [7, 11) is -8.59. The minimum absolute atomic E-state index is 0.0326. The van der Waals surface area contributed by atoms with E-state index < -0.39 is 26.3 Å². The topological polar surface area (TPSA) is 97.7 Å². The third-order valence-corrected chi connectivity index (χ3v) is 8.53. The fraction of sp³-hybridized carbons (Fsp3) is 0.600. The molecule has 1 aliphatic carbocycles. The first-order valence-corrected chi connectivity index (χ1v) is 14.3. The van der Waals surface area contributed by atoms with E-state index in [1.807, 2.05) is 39.8 Å². The summed E-state index contributed by atoms with van der Waals surface area (Å²) in [6.45, 7) is 17.3. The summed E-state index contributed by atoms with van der Waals surface area (Å²) in [5.41, 5.74) is 3.41. The average Bonchev–Trinajstić information content (AvgIpc) is 2.66. The van der Waals surface area contributed by atoms with Crippen LogP contribution in [0.4, 0.5) is 0 Å². The van der Waals surface area contributed by atoms with Gasteiger partial charge in [0.25, 0.3) is 20.2 Å². The average molecular weight is 499 g/mol. The Morgan fingerprint density at radius 3 is 1.70 bits per heavy atom. The van der Waals surface area contributed by atoms with E-state index >= 15 is 0 Å². The second-order valence-corrected chi connectivity index (χ2v) is 13.0. The van der Waals surface area contributed by atoms with E-state index in [1.165, 1.54) is 6.08 Å². The predicted octanol–water partition coefficient (Wildman–Crippen LogP) is 6.28. The van der Waals surface area contributed by atoms with Gasteiger partial charge in [0.1, 0.15) is 11.0 Å². The highest BCUT2D eigenvalue weighted by atomic mass is 32.2. The van der Waals surface area contributed by atoms with Gasteiger partial charge in [-0.1, -0.05) is 67.5 Å². The number of rotatable bonds is 8. The van der Waals surface area contributed by atoms with Gasteiger partial charge in [0.15, 0.2) is 0 Å². The van der Waals surface area contributed by atoms with Crippen LogP contribution < -0.4 is 0 Å². The van der Waals surface area contributed by atoms with Crippen molar-refractivity contribution < 1.29 is 25.6 Å². The van der Waals surface area contributed by atoms with Crippen LogP contribution in [0.25, 0.3) is 0 Å². The van der Waals surface area contributed by atoms with Crippen molar-refractivity contribution in [3.8, 4) is 0 Å². The molecule has 1 aromatic carbocycles. The van der Waals surface area contributed by atoms with Gasteiger partial charge in [-0.05, 0) is 64.5 Å². The molecule has 0 radical (unpaired) electrons. The van der Waals surface area contributed by atoms with E-state index in [0.29, 0.717) is 11.1 Å². The molecule has 0 saturated heterocycles. The largest absolute Gasteiger partial charge is 0.298 e. The van der Waals surface area contributed by atoms with E-state index in [4.69, 9.17) is 4.18 Å². The van der Waals surface area contributed by atoms with Crippen molar-refractivity contribution in [2.45, 2.75) is 97.5 Å². The molecule has 0 heterocycles. The molecule has 0 aromatic heterocycles. The molecule has 1 aromatic rings. The zero-order valence-electron chi connectivity index (χ0n) is 21.1. The van der Waals surface area contributed by atoms with E-state index in [9.17, 15) is 21.4 Å². The molecule has 6 nitrogen and oxygen atoms in total. The maximum absolute atomic E-state index is 13.7. The molecule has 0 amide bonds. The quantitative estimate of drug-likeness (QED) is 0.335. The molecular formula is C25H38O6S2. The summed E-state index contributed by atoms with van der Waals surface area (Å²) < 4.78 is 66.6. The number of benzene rings is 1. The number of allylic oxidation sites excluding steroid dienone is 1. The van der Waals surface area contributed by atoms with Crippen LogP contribution in [0, 0.1) is 5.92 Å². The van der Waals surface area contributed by atoms with Gasteiger partial charge in [-0.25, -0.2) is 0 Å². The number of hydrogen-bond acceptors (Lipinski definition) is 5. The smallest absolute Gasteiger partial charge is 0.282 e. The van der Waals surface area contributed by atoms with E-state index in [0.717, 1.165) is 16.7 Å². The first-order chi connectivity index (χ1) is 15.0. The van der Waals surface area contributed by atoms with Crippen LogP contribution in [0.1, 0.15) is 103 Å². The summed E-state index contributed by atoms with van der Waals surface area (Å²) in [6, 6.07) is 3.91. The molecule has 0 spiro atoms. The summed E-state index contributed by atoms with van der Waals surface area (Å²) in [5.74, 6) is -0.0220. The lowest BCUT2D eigenvalue weighted by atomic mass is 9.89.